The number of hydrogen-bond acceptors (Lipinski definition) is 5. The largest absolute Gasteiger partial charge is 0.395 e. The summed E-state index contributed by atoms with van der Waals surface area (Å²) >= 11 is 4.80. The molecule has 0 aliphatic rings. The van der Waals surface area contributed by atoms with Crippen molar-refractivity contribution in [2.45, 2.75) is 0 Å². The Kier molecular flexibility index (Phi) is 5.15. The third-order valence-corrected chi connectivity index (χ3v) is 2.21. The minimum atomic E-state index is -0.547. The zero-order valence-electron chi connectivity index (χ0n) is 9.25. The van der Waals surface area contributed by atoms with Crippen molar-refractivity contribution in [1.82, 2.24) is 10.6 Å². The lowest BCUT2D eigenvalue weighted by atomic mass is 10.2. The molecule has 8 heteroatoms. The average molecular weight is 269 g/mol. The van der Waals surface area contributed by atoms with Crippen LogP contribution >= 0.6 is 12.2 Å². The summed E-state index contributed by atoms with van der Waals surface area (Å²) in [4.78, 5) is 21.5. The molecule has 0 aliphatic heterocycles. The first-order chi connectivity index (χ1) is 8.54. The van der Waals surface area contributed by atoms with Gasteiger partial charge in [-0.1, -0.05) is 0 Å². The molecule has 1 rings (SSSR count). The maximum Gasteiger partial charge on any atom is 0.269 e. The van der Waals surface area contributed by atoms with Crippen molar-refractivity contribution < 1.29 is 14.8 Å². The molecule has 0 radical (unpaired) electrons. The first kappa shape index (κ1) is 14.0. The van der Waals surface area contributed by atoms with Gasteiger partial charge < -0.3 is 10.4 Å². The highest BCUT2D eigenvalue weighted by atomic mass is 32.1. The highest BCUT2D eigenvalue weighted by Gasteiger charge is 2.10. The van der Waals surface area contributed by atoms with E-state index < -0.39 is 10.8 Å². The van der Waals surface area contributed by atoms with Gasteiger partial charge in [0.2, 0.25) is 0 Å². The Bertz CT molecular complexity index is 461. The minimum absolute atomic E-state index is 0.0902. The van der Waals surface area contributed by atoms with Crippen molar-refractivity contribution >= 4 is 28.9 Å². The molecule has 1 amide bonds. The highest BCUT2D eigenvalue weighted by Crippen LogP contribution is 2.11. The molecule has 0 saturated heterocycles. The molecule has 3 N–H and O–H groups in total. The number of nitro benzene ring substituents is 1. The molecule has 0 atom stereocenters. The predicted octanol–water partition coefficient (Wildman–Crippen LogP) is 0.191. The highest BCUT2D eigenvalue weighted by molar-refractivity contribution is 7.80. The first-order valence-corrected chi connectivity index (χ1v) is 5.40. The Morgan fingerprint density at radius 3 is 2.50 bits per heavy atom. The number of aliphatic hydroxyl groups is 1. The van der Waals surface area contributed by atoms with Crippen LogP contribution in [0.15, 0.2) is 24.3 Å². The van der Waals surface area contributed by atoms with Crippen LogP contribution in [0, 0.1) is 10.1 Å². The van der Waals surface area contributed by atoms with Crippen LogP contribution in [-0.2, 0) is 0 Å². The number of nitrogens with zero attached hydrogens (tertiary/aromatic N) is 1. The molecule has 0 fully saturated rings. The summed E-state index contributed by atoms with van der Waals surface area (Å²) in [6.45, 7) is 0.132. The second-order valence-electron chi connectivity index (χ2n) is 3.24. The number of rotatable bonds is 4. The molecule has 0 aliphatic carbocycles. The number of carbonyl (C=O) groups is 1. The van der Waals surface area contributed by atoms with Crippen molar-refractivity contribution in [3.63, 3.8) is 0 Å². The normalized spacial score (nSPS) is 9.61. The molecule has 18 heavy (non-hydrogen) atoms. The third kappa shape index (κ3) is 4.07. The van der Waals surface area contributed by atoms with Crippen LogP contribution in [0.1, 0.15) is 10.4 Å². The molecular formula is C10H11N3O4S. The Balaban J connectivity index is 2.61. The molecule has 1 aromatic carbocycles. The summed E-state index contributed by atoms with van der Waals surface area (Å²) < 4.78 is 0. The fourth-order valence-corrected chi connectivity index (χ4v) is 1.32. The second-order valence-corrected chi connectivity index (χ2v) is 3.65. The fraction of sp³-hybridized carbons (Fsp3) is 0.200. The zero-order chi connectivity index (χ0) is 13.5. The molecule has 0 saturated carbocycles. The summed E-state index contributed by atoms with van der Waals surface area (Å²) in [6, 6.07) is 5.14. The third-order valence-electron chi connectivity index (χ3n) is 1.96. The number of benzene rings is 1. The average Bonchev–Trinajstić information content (AvgIpc) is 2.36. The molecular weight excluding hydrogens is 258 g/mol. The number of nitrogens with one attached hydrogen (secondary N) is 2. The number of nitro groups is 1. The van der Waals surface area contributed by atoms with Crippen LogP contribution < -0.4 is 10.6 Å². The molecule has 0 bridgehead atoms. The van der Waals surface area contributed by atoms with Gasteiger partial charge in [-0.15, -0.1) is 0 Å². The molecule has 1 aromatic rings. The predicted molar refractivity (Wildman–Crippen MR) is 68.2 cm³/mol. The zero-order valence-corrected chi connectivity index (χ0v) is 10.1. The summed E-state index contributed by atoms with van der Waals surface area (Å²) in [7, 11) is 0. The molecule has 0 aromatic heterocycles. The number of carbonyl (C=O) groups excluding carboxylic acids is 1. The lowest BCUT2D eigenvalue weighted by Gasteiger charge is -2.07. The van der Waals surface area contributed by atoms with Gasteiger partial charge >= 0.3 is 0 Å². The smallest absolute Gasteiger partial charge is 0.269 e. The lowest BCUT2D eigenvalue weighted by molar-refractivity contribution is -0.384. The summed E-state index contributed by atoms with van der Waals surface area (Å²) in [5, 5.41) is 24.1. The number of amides is 1. The van der Waals surface area contributed by atoms with Gasteiger partial charge in [0.25, 0.3) is 11.6 Å². The van der Waals surface area contributed by atoms with Crippen LogP contribution in [-0.4, -0.2) is 34.2 Å². The van der Waals surface area contributed by atoms with Crippen LogP contribution in [0.2, 0.25) is 0 Å². The van der Waals surface area contributed by atoms with Gasteiger partial charge in [0, 0.05) is 24.2 Å². The summed E-state index contributed by atoms with van der Waals surface area (Å²) in [5.41, 5.74) is 0.168. The van der Waals surface area contributed by atoms with Crippen LogP contribution in [0.3, 0.4) is 0 Å². The SMILES string of the molecule is O=C(NC(=S)NCCO)c1ccc([N+](=O)[O-])cc1. The number of non-ortho nitro benzene ring substituents is 1. The van der Waals surface area contributed by atoms with E-state index in [1.165, 1.54) is 24.3 Å². The lowest BCUT2D eigenvalue weighted by Crippen LogP contribution is -2.40. The standard InChI is InChI=1S/C10H11N3O4S/c14-6-5-11-10(18)12-9(15)7-1-3-8(4-2-7)13(16)17/h1-4,14H,5-6H2,(H2,11,12,15,18). The molecule has 0 heterocycles. The fourth-order valence-electron chi connectivity index (χ4n) is 1.12. The van der Waals surface area contributed by atoms with Gasteiger partial charge in [0.1, 0.15) is 0 Å². The summed E-state index contributed by atoms with van der Waals surface area (Å²) in [6.07, 6.45) is 0. The Hall–Kier alpha value is -2.06. The van der Waals surface area contributed by atoms with E-state index in [1.54, 1.807) is 0 Å². The van der Waals surface area contributed by atoms with Crippen molar-refractivity contribution in [3.8, 4) is 0 Å². The van der Waals surface area contributed by atoms with Crippen molar-refractivity contribution in [2.24, 2.45) is 0 Å². The maximum absolute atomic E-state index is 11.6. The van der Waals surface area contributed by atoms with Crippen LogP contribution in [0.5, 0.6) is 0 Å². The van der Waals surface area contributed by atoms with Gasteiger partial charge in [-0.05, 0) is 24.4 Å². The van der Waals surface area contributed by atoms with Crippen LogP contribution in [0.4, 0.5) is 5.69 Å². The van der Waals surface area contributed by atoms with E-state index in [0.717, 1.165) is 0 Å². The Labute approximate surface area is 108 Å². The van der Waals surface area contributed by atoms with E-state index in [0.29, 0.717) is 0 Å². The number of hydrogen-bond donors (Lipinski definition) is 3. The number of thiocarbonyl (C=S) groups is 1. The van der Waals surface area contributed by atoms with Gasteiger partial charge in [-0.3, -0.25) is 20.2 Å². The van der Waals surface area contributed by atoms with Crippen molar-refractivity contribution in [2.75, 3.05) is 13.2 Å². The van der Waals surface area contributed by atoms with E-state index in [2.05, 4.69) is 10.6 Å². The second kappa shape index (κ2) is 6.62. The van der Waals surface area contributed by atoms with Gasteiger partial charge in [-0.2, -0.15) is 0 Å². The monoisotopic (exact) mass is 269 g/mol. The van der Waals surface area contributed by atoms with E-state index in [4.69, 9.17) is 17.3 Å². The molecule has 7 nitrogen and oxygen atoms in total. The van der Waals surface area contributed by atoms with E-state index >= 15 is 0 Å². The maximum atomic E-state index is 11.6. The van der Waals surface area contributed by atoms with Gasteiger partial charge in [-0.25, -0.2) is 0 Å². The van der Waals surface area contributed by atoms with E-state index in [9.17, 15) is 14.9 Å². The molecule has 0 unspecified atom stereocenters. The minimum Gasteiger partial charge on any atom is -0.395 e. The van der Waals surface area contributed by atoms with Crippen LogP contribution in [0.25, 0.3) is 0 Å². The van der Waals surface area contributed by atoms with Gasteiger partial charge in [0.15, 0.2) is 5.11 Å². The summed E-state index contributed by atoms with van der Waals surface area (Å²) in [5.74, 6) is -0.472. The van der Waals surface area contributed by atoms with Crippen molar-refractivity contribution in [1.29, 1.82) is 0 Å². The number of aliphatic hydroxyl groups excluding tert-OH is 1. The first-order valence-electron chi connectivity index (χ1n) is 4.99. The quantitative estimate of drug-likeness (QED) is 0.409. The van der Waals surface area contributed by atoms with Gasteiger partial charge in [0.05, 0.1) is 11.5 Å². The van der Waals surface area contributed by atoms with E-state index in [1.807, 2.05) is 0 Å². The van der Waals surface area contributed by atoms with E-state index in [-0.39, 0.29) is 29.5 Å². The Morgan fingerprint density at radius 1 is 1.39 bits per heavy atom. The topological polar surface area (TPSA) is 104 Å². The van der Waals surface area contributed by atoms with Crippen molar-refractivity contribution in [3.05, 3.63) is 39.9 Å². The Morgan fingerprint density at radius 2 is 2.00 bits per heavy atom. The molecule has 96 valence electrons. The molecule has 0 spiro atoms.